The number of hydrogen-bond acceptors (Lipinski definition) is 5. The number of carbonyl (C=O) groups excluding carboxylic acids is 1. The van der Waals surface area contributed by atoms with Gasteiger partial charge in [0.2, 0.25) is 0 Å². The zero-order chi connectivity index (χ0) is 23.3. The second kappa shape index (κ2) is 10.3. The van der Waals surface area contributed by atoms with Crippen molar-refractivity contribution in [3.8, 4) is 5.75 Å². The minimum Gasteiger partial charge on any atom is -0.493 e. The summed E-state index contributed by atoms with van der Waals surface area (Å²) in [6, 6.07) is 14.4. The first kappa shape index (κ1) is 23.3. The molecule has 1 amide bonds. The van der Waals surface area contributed by atoms with E-state index in [1.165, 1.54) is 0 Å². The van der Waals surface area contributed by atoms with Gasteiger partial charge in [-0.3, -0.25) is 19.6 Å². The van der Waals surface area contributed by atoms with Gasteiger partial charge >= 0.3 is 5.69 Å². The maximum absolute atomic E-state index is 12.7. The Hall–Kier alpha value is -3.39. The first-order valence-corrected chi connectivity index (χ1v) is 10.5. The predicted molar refractivity (Wildman–Crippen MR) is 122 cm³/mol. The largest absolute Gasteiger partial charge is 0.493 e. The molecular weight excluding hydrogens is 432 g/mol. The number of halogens is 1. The van der Waals surface area contributed by atoms with Gasteiger partial charge < -0.3 is 9.64 Å². The van der Waals surface area contributed by atoms with Crippen LogP contribution in [-0.4, -0.2) is 45.7 Å². The Morgan fingerprint density at radius 3 is 2.56 bits per heavy atom. The summed E-state index contributed by atoms with van der Waals surface area (Å²) in [4.78, 5) is 25.1. The van der Waals surface area contributed by atoms with Crippen LogP contribution in [0, 0.1) is 24.0 Å². The number of benzene rings is 2. The van der Waals surface area contributed by atoms with Crippen LogP contribution in [0.15, 0.2) is 48.5 Å². The Morgan fingerprint density at radius 2 is 1.94 bits per heavy atom. The number of ether oxygens (including phenoxy) is 1. The molecule has 0 spiro atoms. The van der Waals surface area contributed by atoms with Crippen molar-refractivity contribution in [1.82, 2.24) is 14.7 Å². The van der Waals surface area contributed by atoms with Crippen LogP contribution < -0.4 is 4.74 Å². The lowest BCUT2D eigenvalue weighted by molar-refractivity contribution is -0.386. The third-order valence-electron chi connectivity index (χ3n) is 5.11. The highest BCUT2D eigenvalue weighted by Gasteiger charge is 2.21. The third kappa shape index (κ3) is 5.64. The molecule has 0 saturated heterocycles. The maximum Gasteiger partial charge on any atom is 0.312 e. The molecule has 0 aliphatic rings. The number of hydrogen-bond donors (Lipinski definition) is 0. The van der Waals surface area contributed by atoms with Crippen LogP contribution in [0.1, 0.15) is 33.7 Å². The molecule has 9 heteroatoms. The van der Waals surface area contributed by atoms with Crippen molar-refractivity contribution in [2.24, 2.45) is 0 Å². The average Bonchev–Trinajstić information content (AvgIpc) is 3.04. The van der Waals surface area contributed by atoms with Crippen LogP contribution in [-0.2, 0) is 6.54 Å². The molecule has 0 radical (unpaired) electrons. The Morgan fingerprint density at radius 1 is 1.22 bits per heavy atom. The van der Waals surface area contributed by atoms with Crippen molar-refractivity contribution in [3.63, 3.8) is 0 Å². The lowest BCUT2D eigenvalue weighted by Crippen LogP contribution is -2.28. The fraction of sp³-hybridized carbons (Fsp3) is 0.304. The zero-order valence-electron chi connectivity index (χ0n) is 18.2. The first-order chi connectivity index (χ1) is 15.3. The van der Waals surface area contributed by atoms with Gasteiger partial charge in [-0.1, -0.05) is 29.8 Å². The van der Waals surface area contributed by atoms with Gasteiger partial charge in [0, 0.05) is 24.2 Å². The van der Waals surface area contributed by atoms with Gasteiger partial charge in [-0.2, -0.15) is 5.10 Å². The molecule has 0 aliphatic carbocycles. The second-order valence-corrected chi connectivity index (χ2v) is 7.95. The van der Waals surface area contributed by atoms with Crippen LogP contribution in [0.5, 0.6) is 5.75 Å². The summed E-state index contributed by atoms with van der Waals surface area (Å²) in [5, 5.41) is 16.1. The fourth-order valence-electron chi connectivity index (χ4n) is 3.40. The Labute approximate surface area is 191 Å². The molecule has 0 N–H and O–H groups in total. The van der Waals surface area contributed by atoms with Gasteiger partial charge in [-0.15, -0.1) is 0 Å². The van der Waals surface area contributed by atoms with Crippen molar-refractivity contribution < 1.29 is 14.5 Å². The number of amides is 1. The number of carbonyl (C=O) groups is 1. The normalized spacial score (nSPS) is 10.8. The molecule has 3 aromatic rings. The van der Waals surface area contributed by atoms with E-state index in [1.54, 1.807) is 54.7 Å². The summed E-state index contributed by atoms with van der Waals surface area (Å²) < 4.78 is 7.26. The number of rotatable bonds is 9. The minimum absolute atomic E-state index is 0.0396. The highest BCUT2D eigenvalue weighted by atomic mass is 35.5. The van der Waals surface area contributed by atoms with E-state index in [0.717, 1.165) is 5.56 Å². The van der Waals surface area contributed by atoms with E-state index < -0.39 is 4.92 Å². The summed E-state index contributed by atoms with van der Waals surface area (Å²) in [7, 11) is 1.75. The molecule has 0 fully saturated rings. The van der Waals surface area contributed by atoms with Gasteiger partial charge in [0.25, 0.3) is 5.91 Å². The summed E-state index contributed by atoms with van der Waals surface area (Å²) in [5.74, 6) is 0.621. The lowest BCUT2D eigenvalue weighted by atomic mass is 10.1. The van der Waals surface area contributed by atoms with Gasteiger partial charge in [-0.05, 0) is 56.2 Å². The van der Waals surface area contributed by atoms with Crippen LogP contribution in [0.3, 0.4) is 0 Å². The zero-order valence-corrected chi connectivity index (χ0v) is 19.0. The van der Waals surface area contributed by atoms with Gasteiger partial charge in [0.1, 0.15) is 17.1 Å². The Kier molecular flexibility index (Phi) is 7.48. The van der Waals surface area contributed by atoms with Crippen LogP contribution in [0.25, 0.3) is 0 Å². The minimum atomic E-state index is -0.411. The molecule has 0 aliphatic heterocycles. The van der Waals surface area contributed by atoms with Crippen LogP contribution in [0.4, 0.5) is 5.69 Å². The van der Waals surface area contributed by atoms with E-state index in [4.69, 9.17) is 16.3 Å². The van der Waals surface area contributed by atoms with E-state index in [9.17, 15) is 14.9 Å². The number of aromatic nitrogens is 2. The third-order valence-corrected chi connectivity index (χ3v) is 5.34. The molecule has 8 nitrogen and oxygen atoms in total. The maximum atomic E-state index is 12.7. The molecule has 0 saturated carbocycles. The molecule has 168 valence electrons. The number of nitro groups is 1. The first-order valence-electron chi connectivity index (χ1n) is 10.2. The highest BCUT2D eigenvalue weighted by molar-refractivity contribution is 6.30. The van der Waals surface area contributed by atoms with Gasteiger partial charge in [0.05, 0.1) is 18.1 Å². The molecule has 3 rings (SSSR count). The van der Waals surface area contributed by atoms with Crippen molar-refractivity contribution in [1.29, 1.82) is 0 Å². The van der Waals surface area contributed by atoms with E-state index in [2.05, 4.69) is 5.10 Å². The molecule has 0 atom stereocenters. The summed E-state index contributed by atoms with van der Waals surface area (Å²) >= 11 is 5.94. The molecular formula is C23H25ClN4O4. The second-order valence-electron chi connectivity index (χ2n) is 7.52. The van der Waals surface area contributed by atoms with Crippen molar-refractivity contribution in [2.45, 2.75) is 26.8 Å². The summed E-state index contributed by atoms with van der Waals surface area (Å²) in [6.07, 6.45) is 0.684. The average molecular weight is 457 g/mol. The van der Waals surface area contributed by atoms with E-state index in [1.807, 2.05) is 24.3 Å². The van der Waals surface area contributed by atoms with Gasteiger partial charge in [-0.25, -0.2) is 0 Å². The van der Waals surface area contributed by atoms with Crippen molar-refractivity contribution >= 4 is 23.2 Å². The van der Waals surface area contributed by atoms with Crippen molar-refractivity contribution in [2.75, 3.05) is 20.2 Å². The quantitative estimate of drug-likeness (QED) is 0.265. The molecule has 1 heterocycles. The smallest absolute Gasteiger partial charge is 0.312 e. The standard InChI is InChI=1S/C23H25ClN4O4/c1-16-22(28(30)31)17(2)27(25-16)15-18-8-10-19(11-9-18)23(29)26(3)12-5-13-32-21-7-4-6-20(24)14-21/h4,6-11,14H,5,12-13,15H2,1-3H3. The van der Waals surface area contributed by atoms with Crippen LogP contribution >= 0.6 is 11.6 Å². The lowest BCUT2D eigenvalue weighted by Gasteiger charge is -2.17. The molecule has 32 heavy (non-hydrogen) atoms. The molecule has 1 aromatic heterocycles. The van der Waals surface area contributed by atoms with E-state index in [0.29, 0.717) is 53.8 Å². The predicted octanol–water partition coefficient (Wildman–Crippen LogP) is 4.65. The Balaban J connectivity index is 1.53. The number of nitrogens with zero attached hydrogens (tertiary/aromatic N) is 4. The molecule has 2 aromatic carbocycles. The van der Waals surface area contributed by atoms with Gasteiger partial charge in [0.15, 0.2) is 0 Å². The summed E-state index contributed by atoms with van der Waals surface area (Å²) in [6.45, 7) is 4.73. The molecule has 0 unspecified atom stereocenters. The fourth-order valence-corrected chi connectivity index (χ4v) is 3.58. The topological polar surface area (TPSA) is 90.5 Å². The van der Waals surface area contributed by atoms with E-state index >= 15 is 0 Å². The van der Waals surface area contributed by atoms with E-state index in [-0.39, 0.29) is 11.6 Å². The number of aryl methyl sites for hydroxylation is 1. The van der Waals surface area contributed by atoms with Crippen LogP contribution in [0.2, 0.25) is 5.02 Å². The monoisotopic (exact) mass is 456 g/mol. The molecule has 0 bridgehead atoms. The Bertz CT molecular complexity index is 1110. The summed E-state index contributed by atoms with van der Waals surface area (Å²) in [5.41, 5.74) is 2.41. The highest BCUT2D eigenvalue weighted by Crippen LogP contribution is 2.22. The van der Waals surface area contributed by atoms with Crippen molar-refractivity contribution in [3.05, 3.63) is 86.2 Å². The SMILES string of the molecule is Cc1nn(Cc2ccc(C(=O)N(C)CCCOc3cccc(Cl)c3)cc2)c(C)c1[N+](=O)[O-].